The molecule has 3 heteroatoms. The van der Waals surface area contributed by atoms with Gasteiger partial charge in [-0.25, -0.2) is 0 Å². The lowest BCUT2D eigenvalue weighted by atomic mass is 10.0. The van der Waals surface area contributed by atoms with Gasteiger partial charge in [-0.05, 0) is 30.5 Å². The van der Waals surface area contributed by atoms with Gasteiger partial charge in [0, 0.05) is 10.9 Å². The summed E-state index contributed by atoms with van der Waals surface area (Å²) in [4.78, 5) is 11.6. The van der Waals surface area contributed by atoms with Crippen LogP contribution in [0.1, 0.15) is 25.0 Å². The molecule has 0 saturated heterocycles. The van der Waals surface area contributed by atoms with E-state index < -0.39 is 0 Å². The van der Waals surface area contributed by atoms with Gasteiger partial charge in [0.2, 0.25) is 0 Å². The first-order valence-electron chi connectivity index (χ1n) is 5.34. The molecule has 0 aromatic heterocycles. The van der Waals surface area contributed by atoms with Gasteiger partial charge >= 0.3 is 0 Å². The third-order valence-corrected chi connectivity index (χ3v) is 3.61. The zero-order valence-corrected chi connectivity index (χ0v) is 12.1. The second kappa shape index (κ2) is 5.83. The Hall–Kier alpha value is -0.340. The summed E-state index contributed by atoms with van der Waals surface area (Å²) in [6.07, 6.45) is 0.649. The van der Waals surface area contributed by atoms with Crippen molar-refractivity contribution in [2.45, 2.75) is 32.0 Å². The largest absolute Gasteiger partial charge is 0.298 e. The third kappa shape index (κ3) is 3.60. The van der Waals surface area contributed by atoms with E-state index in [1.165, 1.54) is 0 Å². The van der Waals surface area contributed by atoms with Crippen LogP contribution in [0.5, 0.6) is 0 Å². The second-order valence-electron chi connectivity index (χ2n) is 4.32. The quantitative estimate of drug-likeness (QED) is 0.763. The van der Waals surface area contributed by atoms with E-state index in [0.717, 1.165) is 16.1 Å². The molecular formula is C13H16BrClO. The number of alkyl halides is 1. The van der Waals surface area contributed by atoms with E-state index in [2.05, 4.69) is 15.9 Å². The second-order valence-corrected chi connectivity index (χ2v) is 5.84. The minimum absolute atomic E-state index is 0.0496. The smallest absolute Gasteiger partial charge is 0.149 e. The number of benzene rings is 1. The average molecular weight is 304 g/mol. The minimum Gasteiger partial charge on any atom is -0.298 e. The molecule has 1 unspecified atom stereocenters. The fourth-order valence-electron chi connectivity index (χ4n) is 1.47. The van der Waals surface area contributed by atoms with Crippen molar-refractivity contribution in [2.24, 2.45) is 5.92 Å². The summed E-state index contributed by atoms with van der Waals surface area (Å²) in [6, 6.07) is 5.93. The maximum atomic E-state index is 11.7. The predicted octanol–water partition coefficient (Wildman–Crippen LogP) is 4.18. The van der Waals surface area contributed by atoms with Gasteiger partial charge in [0.05, 0.1) is 4.83 Å². The van der Waals surface area contributed by atoms with Crippen LogP contribution < -0.4 is 0 Å². The van der Waals surface area contributed by atoms with Crippen LogP contribution in [0.15, 0.2) is 18.2 Å². The van der Waals surface area contributed by atoms with E-state index in [1.54, 1.807) is 0 Å². The monoisotopic (exact) mass is 302 g/mol. The van der Waals surface area contributed by atoms with Gasteiger partial charge in [-0.15, -0.1) is 0 Å². The van der Waals surface area contributed by atoms with Gasteiger partial charge in [0.15, 0.2) is 0 Å². The molecule has 88 valence electrons. The van der Waals surface area contributed by atoms with Crippen LogP contribution >= 0.6 is 27.5 Å². The van der Waals surface area contributed by atoms with Crippen molar-refractivity contribution in [1.82, 2.24) is 0 Å². The number of halogens is 2. The molecule has 1 nitrogen and oxygen atoms in total. The summed E-state index contributed by atoms with van der Waals surface area (Å²) < 4.78 is 0. The van der Waals surface area contributed by atoms with Crippen LogP contribution in [0.3, 0.4) is 0 Å². The maximum absolute atomic E-state index is 11.7. The molecule has 0 aliphatic rings. The Bertz CT molecular complexity index is 388. The minimum atomic E-state index is -0.146. The van der Waals surface area contributed by atoms with Gasteiger partial charge in [-0.3, -0.25) is 4.79 Å². The zero-order chi connectivity index (χ0) is 12.3. The first kappa shape index (κ1) is 13.7. The molecule has 1 aromatic rings. The molecule has 0 radical (unpaired) electrons. The lowest BCUT2D eigenvalue weighted by Crippen LogP contribution is -2.21. The van der Waals surface area contributed by atoms with Crippen molar-refractivity contribution in [1.29, 1.82) is 0 Å². The first-order chi connectivity index (χ1) is 7.41. The molecule has 0 amide bonds. The fraction of sp³-hybridized carbons (Fsp3) is 0.462. The molecule has 0 N–H and O–H groups in total. The van der Waals surface area contributed by atoms with Crippen molar-refractivity contribution in [3.8, 4) is 0 Å². The number of Topliss-reactive ketones (excluding diaryl/α,β-unsaturated/α-hetero) is 1. The molecular weight excluding hydrogens is 287 g/mol. The van der Waals surface area contributed by atoms with E-state index in [-0.39, 0.29) is 16.5 Å². The predicted molar refractivity (Wildman–Crippen MR) is 72.5 cm³/mol. The molecule has 16 heavy (non-hydrogen) atoms. The van der Waals surface area contributed by atoms with Crippen molar-refractivity contribution in [2.75, 3.05) is 0 Å². The third-order valence-electron chi connectivity index (χ3n) is 2.49. The summed E-state index contributed by atoms with van der Waals surface area (Å²) in [6.45, 7) is 5.82. The number of carbonyl (C=O) groups is 1. The highest BCUT2D eigenvalue weighted by molar-refractivity contribution is 9.10. The number of carbonyl (C=O) groups excluding carboxylic acids is 1. The number of aryl methyl sites for hydroxylation is 1. The zero-order valence-electron chi connectivity index (χ0n) is 9.76. The number of rotatable bonds is 4. The van der Waals surface area contributed by atoms with E-state index in [9.17, 15) is 4.79 Å². The Kier molecular flexibility index (Phi) is 5.00. The Morgan fingerprint density at radius 1 is 1.44 bits per heavy atom. The lowest BCUT2D eigenvalue weighted by Gasteiger charge is -2.12. The molecule has 1 aromatic carbocycles. The van der Waals surface area contributed by atoms with Gasteiger partial charge in [-0.2, -0.15) is 0 Å². The topological polar surface area (TPSA) is 17.1 Å². The van der Waals surface area contributed by atoms with Crippen LogP contribution in [-0.2, 0) is 11.2 Å². The van der Waals surface area contributed by atoms with Gasteiger partial charge in [0.25, 0.3) is 0 Å². The Morgan fingerprint density at radius 2 is 2.06 bits per heavy atom. The van der Waals surface area contributed by atoms with Crippen molar-refractivity contribution in [3.63, 3.8) is 0 Å². The maximum Gasteiger partial charge on any atom is 0.149 e. The molecule has 0 bridgehead atoms. The van der Waals surface area contributed by atoms with E-state index in [0.29, 0.717) is 6.42 Å². The van der Waals surface area contributed by atoms with Crippen LogP contribution in [0.2, 0.25) is 5.02 Å². The number of hydrogen-bond donors (Lipinski definition) is 0. The van der Waals surface area contributed by atoms with Gasteiger partial charge in [-0.1, -0.05) is 53.5 Å². The molecule has 0 aliphatic carbocycles. The Morgan fingerprint density at radius 3 is 2.56 bits per heavy atom. The van der Waals surface area contributed by atoms with Crippen molar-refractivity contribution >= 4 is 33.3 Å². The van der Waals surface area contributed by atoms with Crippen molar-refractivity contribution in [3.05, 3.63) is 34.3 Å². The van der Waals surface area contributed by atoms with E-state index in [4.69, 9.17) is 11.6 Å². The highest BCUT2D eigenvalue weighted by Gasteiger charge is 2.19. The standard InChI is InChI=1S/C13H16BrClO/c1-8(2)13(16)11(14)7-10-5-4-9(3)6-12(10)15/h4-6,8,11H,7H2,1-3H3. The number of ketones is 1. The highest BCUT2D eigenvalue weighted by Crippen LogP contribution is 2.22. The summed E-state index contributed by atoms with van der Waals surface area (Å²) in [5.74, 6) is 0.269. The molecule has 0 saturated carbocycles. The normalized spacial score (nSPS) is 12.9. The van der Waals surface area contributed by atoms with E-state index >= 15 is 0 Å². The molecule has 1 atom stereocenters. The highest BCUT2D eigenvalue weighted by atomic mass is 79.9. The number of hydrogen-bond acceptors (Lipinski definition) is 1. The fourth-order valence-corrected chi connectivity index (χ4v) is 2.66. The summed E-state index contributed by atoms with van der Waals surface area (Å²) >= 11 is 9.55. The van der Waals surface area contributed by atoms with Crippen LogP contribution in [0, 0.1) is 12.8 Å². The van der Waals surface area contributed by atoms with E-state index in [1.807, 2.05) is 39.0 Å². The summed E-state index contributed by atoms with van der Waals surface area (Å²) in [7, 11) is 0. The summed E-state index contributed by atoms with van der Waals surface area (Å²) in [5, 5.41) is 0.737. The van der Waals surface area contributed by atoms with Gasteiger partial charge < -0.3 is 0 Å². The van der Waals surface area contributed by atoms with Crippen LogP contribution in [-0.4, -0.2) is 10.6 Å². The van der Waals surface area contributed by atoms with Crippen LogP contribution in [0.25, 0.3) is 0 Å². The van der Waals surface area contributed by atoms with Gasteiger partial charge in [0.1, 0.15) is 5.78 Å². The average Bonchev–Trinajstić information content (AvgIpc) is 2.20. The Labute approximate surface area is 110 Å². The molecule has 1 rings (SSSR count). The molecule has 0 fully saturated rings. The van der Waals surface area contributed by atoms with Crippen LogP contribution in [0.4, 0.5) is 0 Å². The van der Waals surface area contributed by atoms with Crippen molar-refractivity contribution < 1.29 is 4.79 Å². The molecule has 0 aliphatic heterocycles. The molecule has 0 spiro atoms. The Balaban J connectivity index is 2.77. The summed E-state index contributed by atoms with van der Waals surface area (Å²) in [5.41, 5.74) is 2.15. The first-order valence-corrected chi connectivity index (χ1v) is 6.64. The SMILES string of the molecule is Cc1ccc(CC(Br)C(=O)C(C)C)c(Cl)c1. The lowest BCUT2D eigenvalue weighted by molar-refractivity contribution is -0.121. The molecule has 0 heterocycles.